The average molecular weight is 224 g/mol. The summed E-state index contributed by atoms with van der Waals surface area (Å²) in [5.41, 5.74) is -0.556. The third-order valence-corrected chi connectivity index (χ3v) is 2.28. The molecule has 1 nitrogen and oxygen atoms in total. The van der Waals surface area contributed by atoms with Crippen molar-refractivity contribution in [2.75, 3.05) is 13.2 Å². The minimum absolute atomic E-state index is 0.264. The summed E-state index contributed by atoms with van der Waals surface area (Å²) in [6.45, 7) is 2.00. The number of alkyl halides is 3. The van der Waals surface area contributed by atoms with Crippen molar-refractivity contribution in [2.45, 2.75) is 19.0 Å². The second-order valence-corrected chi connectivity index (χ2v) is 3.63. The molecule has 1 aliphatic rings. The predicted octanol–water partition coefficient (Wildman–Crippen LogP) is 2.30. The molecule has 0 radical (unpaired) electrons. The van der Waals surface area contributed by atoms with Gasteiger partial charge in [0.2, 0.25) is 0 Å². The second kappa shape index (κ2) is 6.34. The van der Waals surface area contributed by atoms with Crippen molar-refractivity contribution in [1.82, 2.24) is 0 Å². The molecule has 16 heavy (non-hydrogen) atoms. The van der Waals surface area contributed by atoms with E-state index in [1.165, 1.54) is 42.7 Å². The molecule has 2 rings (SSSR count). The first-order valence-electron chi connectivity index (χ1n) is 5.22. The van der Waals surface area contributed by atoms with Gasteiger partial charge in [-0.2, -0.15) is 0 Å². The average Bonchev–Trinajstić information content (AvgIpc) is 2.74. The molecule has 0 amide bonds. The summed E-state index contributed by atoms with van der Waals surface area (Å²) < 4.78 is 41.4. The zero-order valence-corrected chi connectivity index (χ0v) is 9.18. The molecule has 0 unspecified atom stereocenters. The SMILES string of the molecule is C1CCOC1.[Li][c]1ccccc1C(F)(F)F. The Bertz CT molecular complexity index is 314. The minimum atomic E-state index is -4.22. The topological polar surface area (TPSA) is 9.23 Å². The molecule has 5 heteroatoms. The fraction of sp³-hybridized carbons (Fsp3) is 0.455. The van der Waals surface area contributed by atoms with Crippen LogP contribution >= 0.6 is 0 Å². The molecule has 0 N–H and O–H groups in total. The van der Waals surface area contributed by atoms with E-state index in [9.17, 15) is 13.2 Å². The van der Waals surface area contributed by atoms with E-state index in [4.69, 9.17) is 4.74 Å². The molecule has 1 fully saturated rings. The van der Waals surface area contributed by atoms with Crippen molar-refractivity contribution >= 4 is 22.0 Å². The van der Waals surface area contributed by atoms with Crippen molar-refractivity contribution in [2.24, 2.45) is 0 Å². The van der Waals surface area contributed by atoms with Crippen molar-refractivity contribution in [1.29, 1.82) is 0 Å². The summed E-state index contributed by atoms with van der Waals surface area (Å²) in [5.74, 6) is 0. The first-order chi connectivity index (χ1) is 7.52. The van der Waals surface area contributed by atoms with Crippen LogP contribution in [0.1, 0.15) is 18.4 Å². The van der Waals surface area contributed by atoms with Gasteiger partial charge in [-0.3, -0.25) is 0 Å². The molecule has 0 spiro atoms. The van der Waals surface area contributed by atoms with Gasteiger partial charge in [0, 0.05) is 13.2 Å². The van der Waals surface area contributed by atoms with Crippen LogP contribution in [0.2, 0.25) is 0 Å². The van der Waals surface area contributed by atoms with Crippen molar-refractivity contribution in [3.05, 3.63) is 29.8 Å². The van der Waals surface area contributed by atoms with Gasteiger partial charge in [0.15, 0.2) is 0 Å². The number of rotatable bonds is 0. The van der Waals surface area contributed by atoms with Crippen LogP contribution in [0.5, 0.6) is 0 Å². The van der Waals surface area contributed by atoms with Crippen LogP contribution in [0.4, 0.5) is 13.2 Å². The third kappa shape index (κ3) is 4.61. The Morgan fingerprint density at radius 1 is 1.06 bits per heavy atom. The molecule has 1 aliphatic heterocycles. The Morgan fingerprint density at radius 2 is 1.62 bits per heavy atom. The molecular weight excluding hydrogens is 212 g/mol. The molecule has 1 aromatic carbocycles. The Balaban J connectivity index is 0.000000212. The van der Waals surface area contributed by atoms with Gasteiger partial charge in [-0.15, -0.1) is 0 Å². The van der Waals surface area contributed by atoms with Gasteiger partial charge in [0.1, 0.15) is 0 Å². The molecule has 0 aromatic heterocycles. The third-order valence-electron chi connectivity index (χ3n) is 2.28. The van der Waals surface area contributed by atoms with Gasteiger partial charge >= 0.3 is 71.1 Å². The quantitative estimate of drug-likeness (QED) is 0.614. The zero-order valence-electron chi connectivity index (χ0n) is 9.18. The van der Waals surface area contributed by atoms with Crippen molar-refractivity contribution < 1.29 is 17.9 Å². The molecule has 0 bridgehead atoms. The Morgan fingerprint density at radius 3 is 1.94 bits per heavy atom. The number of hydrogen-bond donors (Lipinski definition) is 0. The van der Waals surface area contributed by atoms with E-state index in [2.05, 4.69) is 0 Å². The van der Waals surface area contributed by atoms with E-state index in [0.717, 1.165) is 19.3 Å². The van der Waals surface area contributed by atoms with E-state index in [-0.39, 0.29) is 4.24 Å². The molecule has 0 atom stereocenters. The Kier molecular flexibility index (Phi) is 5.40. The van der Waals surface area contributed by atoms with Crippen LogP contribution < -0.4 is 4.24 Å². The molecular formula is C11H12F3LiO. The summed E-state index contributed by atoms with van der Waals surface area (Å²) in [6, 6.07) is 5.50. The van der Waals surface area contributed by atoms with Crippen molar-refractivity contribution in [3.8, 4) is 0 Å². The van der Waals surface area contributed by atoms with Gasteiger partial charge < -0.3 is 4.74 Å². The number of ether oxygens (including phenoxy) is 1. The van der Waals surface area contributed by atoms with Gasteiger partial charge in [-0.25, -0.2) is 0 Å². The molecule has 1 heterocycles. The van der Waals surface area contributed by atoms with Gasteiger partial charge in [0.25, 0.3) is 0 Å². The molecule has 0 aliphatic carbocycles. The number of hydrogen-bond acceptors (Lipinski definition) is 1. The first-order valence-corrected chi connectivity index (χ1v) is 5.22. The maximum absolute atomic E-state index is 12.0. The van der Waals surface area contributed by atoms with Crippen molar-refractivity contribution in [3.63, 3.8) is 0 Å². The summed E-state index contributed by atoms with van der Waals surface area (Å²) in [4.78, 5) is 0. The Hall–Kier alpha value is -0.433. The van der Waals surface area contributed by atoms with E-state index in [1.54, 1.807) is 6.07 Å². The van der Waals surface area contributed by atoms with E-state index < -0.39 is 11.7 Å². The second-order valence-electron chi connectivity index (χ2n) is 3.63. The summed E-state index contributed by atoms with van der Waals surface area (Å²) in [6.07, 6.45) is -1.66. The molecule has 0 saturated carbocycles. The number of benzene rings is 1. The van der Waals surface area contributed by atoms with E-state index in [0.29, 0.717) is 0 Å². The summed E-state index contributed by atoms with van der Waals surface area (Å²) in [5, 5.41) is 0. The zero-order chi connectivity index (χ0) is 12.0. The summed E-state index contributed by atoms with van der Waals surface area (Å²) in [7, 11) is 0. The van der Waals surface area contributed by atoms with Gasteiger partial charge in [-0.05, 0) is 12.8 Å². The van der Waals surface area contributed by atoms with Gasteiger partial charge in [0.05, 0.1) is 0 Å². The first kappa shape index (κ1) is 13.6. The Labute approximate surface area is 102 Å². The predicted molar refractivity (Wildman–Crippen MR) is 56.9 cm³/mol. The van der Waals surface area contributed by atoms with E-state index in [1.807, 2.05) is 0 Å². The van der Waals surface area contributed by atoms with Crippen LogP contribution in [-0.4, -0.2) is 30.9 Å². The molecule has 1 saturated heterocycles. The number of halogens is 3. The normalized spacial score (nSPS) is 15.6. The van der Waals surface area contributed by atoms with Crippen LogP contribution in [0, 0.1) is 0 Å². The fourth-order valence-electron chi connectivity index (χ4n) is 1.40. The standard InChI is InChI=1S/C7H4F3.C4H8O.Li/c8-7(9,10)6-4-2-1-3-5-6;1-2-4-5-3-1;/h1-4H;1-4H2;. The van der Waals surface area contributed by atoms with Crippen LogP contribution in [0.3, 0.4) is 0 Å². The summed E-state index contributed by atoms with van der Waals surface area (Å²) >= 11 is 1.45. The van der Waals surface area contributed by atoms with Crippen LogP contribution in [0.15, 0.2) is 24.3 Å². The fourth-order valence-corrected chi connectivity index (χ4v) is 1.40. The maximum atomic E-state index is 12.0. The molecule has 1 aromatic rings. The molecule has 84 valence electrons. The monoisotopic (exact) mass is 224 g/mol. The van der Waals surface area contributed by atoms with Gasteiger partial charge in [-0.1, -0.05) is 0 Å². The van der Waals surface area contributed by atoms with Crippen LogP contribution in [0.25, 0.3) is 0 Å². The van der Waals surface area contributed by atoms with E-state index >= 15 is 0 Å². The van der Waals surface area contributed by atoms with Crippen LogP contribution in [-0.2, 0) is 10.9 Å².